The van der Waals surface area contributed by atoms with Crippen LogP contribution in [0, 0.1) is 0 Å². The number of hydrogen-bond donors (Lipinski definition) is 1. The zero-order valence-electron chi connectivity index (χ0n) is 14.5. The number of aromatic nitrogens is 2. The van der Waals surface area contributed by atoms with E-state index in [-0.39, 0.29) is 10.6 Å². The molecular weight excluding hydrogens is 366 g/mol. The molecule has 0 saturated heterocycles. The first-order chi connectivity index (χ1) is 13.0. The minimum absolute atomic E-state index is 0.0310. The van der Waals surface area contributed by atoms with Gasteiger partial charge in [0.25, 0.3) is 15.9 Å². The molecular formula is C19H17N3O4S. The van der Waals surface area contributed by atoms with Crippen molar-refractivity contribution in [2.45, 2.75) is 23.7 Å². The van der Waals surface area contributed by atoms with Crippen molar-refractivity contribution in [3.63, 3.8) is 0 Å². The molecule has 1 amide bonds. The van der Waals surface area contributed by atoms with Gasteiger partial charge in [-0.2, -0.15) is 5.10 Å². The molecule has 0 radical (unpaired) electrons. The predicted octanol–water partition coefficient (Wildman–Crippen LogP) is 2.63. The van der Waals surface area contributed by atoms with Crippen LogP contribution in [0.25, 0.3) is 10.8 Å². The van der Waals surface area contributed by atoms with E-state index in [4.69, 9.17) is 4.74 Å². The Bertz CT molecular complexity index is 1140. The normalized spacial score (nSPS) is 14.1. The Morgan fingerprint density at radius 3 is 2.59 bits per heavy atom. The molecule has 1 aliphatic carbocycles. The molecule has 0 aliphatic heterocycles. The zero-order valence-corrected chi connectivity index (χ0v) is 15.4. The van der Waals surface area contributed by atoms with Crippen molar-refractivity contribution in [2.75, 3.05) is 7.11 Å². The molecule has 138 valence electrons. The Morgan fingerprint density at radius 1 is 1.11 bits per heavy atom. The quantitative estimate of drug-likeness (QED) is 0.727. The van der Waals surface area contributed by atoms with Crippen molar-refractivity contribution in [1.82, 2.24) is 14.9 Å². The number of benzene rings is 2. The van der Waals surface area contributed by atoms with E-state index >= 15 is 0 Å². The molecule has 27 heavy (non-hydrogen) atoms. The Kier molecular flexibility index (Phi) is 4.27. The zero-order chi connectivity index (χ0) is 19.0. The maximum Gasteiger partial charge on any atom is 0.285 e. The third-order valence-corrected chi connectivity index (χ3v) is 5.86. The van der Waals surface area contributed by atoms with E-state index < -0.39 is 15.9 Å². The van der Waals surface area contributed by atoms with Gasteiger partial charge in [0.15, 0.2) is 5.69 Å². The summed E-state index contributed by atoms with van der Waals surface area (Å²) in [6.45, 7) is 0. The summed E-state index contributed by atoms with van der Waals surface area (Å²) in [7, 11) is -2.59. The van der Waals surface area contributed by atoms with Crippen LogP contribution < -0.4 is 9.46 Å². The Labute approximate surface area is 156 Å². The van der Waals surface area contributed by atoms with Crippen LogP contribution in [0.15, 0.2) is 53.4 Å². The maximum absolute atomic E-state index is 12.8. The number of carbonyl (C=O) groups is 1. The molecule has 3 aromatic rings. The summed E-state index contributed by atoms with van der Waals surface area (Å²) in [5, 5.41) is 9.24. The highest BCUT2D eigenvalue weighted by Crippen LogP contribution is 2.42. The molecule has 1 fully saturated rings. The Morgan fingerprint density at radius 2 is 1.85 bits per heavy atom. The second-order valence-electron chi connectivity index (χ2n) is 6.37. The van der Waals surface area contributed by atoms with Gasteiger partial charge in [-0.15, -0.1) is 5.10 Å². The number of amides is 1. The fraction of sp³-hybridized carbons (Fsp3) is 0.211. The summed E-state index contributed by atoms with van der Waals surface area (Å²) in [4.78, 5) is 12.5. The highest BCUT2D eigenvalue weighted by atomic mass is 32.2. The molecule has 1 aliphatic rings. The first kappa shape index (κ1) is 17.4. The molecule has 0 unspecified atom stereocenters. The van der Waals surface area contributed by atoms with Gasteiger partial charge >= 0.3 is 0 Å². The van der Waals surface area contributed by atoms with Crippen LogP contribution in [0.3, 0.4) is 0 Å². The Balaban J connectivity index is 1.65. The molecule has 0 atom stereocenters. The summed E-state index contributed by atoms with van der Waals surface area (Å²) in [6.07, 6.45) is 2.01. The standard InChI is InChI=1S/C19H17N3O4S/c1-26-16-11-15(20-21-18(16)13-9-10-13)19(23)22-27(24,25)17-8-4-6-12-5-2-3-7-14(12)17/h2-8,11,13H,9-10H2,1H3,(H,22,23). The largest absolute Gasteiger partial charge is 0.495 e. The van der Waals surface area contributed by atoms with Crippen LogP contribution >= 0.6 is 0 Å². The first-order valence-corrected chi connectivity index (χ1v) is 9.94. The molecule has 7 nitrogen and oxygen atoms in total. The van der Waals surface area contributed by atoms with Crippen molar-refractivity contribution < 1.29 is 17.9 Å². The fourth-order valence-corrected chi connectivity index (χ4v) is 4.15. The third kappa shape index (κ3) is 3.35. The number of methoxy groups -OCH3 is 1. The SMILES string of the molecule is COc1cc(C(=O)NS(=O)(=O)c2cccc3ccccc23)nnc1C1CC1. The highest BCUT2D eigenvalue weighted by molar-refractivity contribution is 7.90. The lowest BCUT2D eigenvalue weighted by atomic mass is 10.1. The van der Waals surface area contributed by atoms with Gasteiger partial charge in [-0.05, 0) is 24.3 Å². The van der Waals surface area contributed by atoms with E-state index in [0.29, 0.717) is 22.7 Å². The summed E-state index contributed by atoms with van der Waals surface area (Å²) < 4.78 is 32.9. The monoisotopic (exact) mass is 383 g/mol. The first-order valence-electron chi connectivity index (χ1n) is 8.46. The number of fused-ring (bicyclic) bond motifs is 1. The number of nitrogens with one attached hydrogen (secondary N) is 1. The highest BCUT2D eigenvalue weighted by Gasteiger charge is 2.30. The molecule has 1 heterocycles. The minimum atomic E-state index is -4.08. The van der Waals surface area contributed by atoms with Gasteiger partial charge in [0.2, 0.25) is 0 Å². The molecule has 4 rings (SSSR count). The number of hydrogen-bond acceptors (Lipinski definition) is 6. The lowest BCUT2D eigenvalue weighted by Crippen LogP contribution is -2.31. The van der Waals surface area contributed by atoms with Crippen molar-refractivity contribution >= 4 is 26.7 Å². The van der Waals surface area contributed by atoms with Crippen LogP contribution in [0.2, 0.25) is 0 Å². The molecule has 0 spiro atoms. The van der Waals surface area contributed by atoms with E-state index in [1.165, 1.54) is 19.2 Å². The molecule has 8 heteroatoms. The average Bonchev–Trinajstić information content (AvgIpc) is 3.51. The molecule has 1 aromatic heterocycles. The number of ether oxygens (including phenoxy) is 1. The van der Waals surface area contributed by atoms with Crippen LogP contribution in [0.5, 0.6) is 5.75 Å². The van der Waals surface area contributed by atoms with Gasteiger partial charge in [-0.1, -0.05) is 36.4 Å². The van der Waals surface area contributed by atoms with E-state index in [0.717, 1.165) is 18.2 Å². The predicted molar refractivity (Wildman–Crippen MR) is 99.2 cm³/mol. The number of carbonyl (C=O) groups excluding carboxylic acids is 1. The summed E-state index contributed by atoms with van der Waals surface area (Å²) in [5.41, 5.74) is 0.589. The van der Waals surface area contributed by atoms with E-state index in [1.54, 1.807) is 18.2 Å². The smallest absolute Gasteiger partial charge is 0.285 e. The van der Waals surface area contributed by atoms with Crippen LogP contribution in [-0.4, -0.2) is 31.6 Å². The Hall–Kier alpha value is -3.00. The molecule has 0 bridgehead atoms. The molecule has 1 N–H and O–H groups in total. The van der Waals surface area contributed by atoms with E-state index in [9.17, 15) is 13.2 Å². The van der Waals surface area contributed by atoms with Gasteiger partial charge in [0, 0.05) is 17.4 Å². The topological polar surface area (TPSA) is 98.2 Å². The van der Waals surface area contributed by atoms with E-state index in [2.05, 4.69) is 14.9 Å². The van der Waals surface area contributed by atoms with Crippen LogP contribution in [0.4, 0.5) is 0 Å². The fourth-order valence-electron chi connectivity index (χ4n) is 2.96. The van der Waals surface area contributed by atoms with Gasteiger partial charge in [-0.3, -0.25) is 4.79 Å². The van der Waals surface area contributed by atoms with Crippen molar-refractivity contribution in [2.24, 2.45) is 0 Å². The van der Waals surface area contributed by atoms with Gasteiger partial charge in [0.1, 0.15) is 11.4 Å². The molecule has 2 aromatic carbocycles. The number of nitrogens with zero attached hydrogens (tertiary/aromatic N) is 2. The van der Waals surface area contributed by atoms with Gasteiger partial charge in [-0.25, -0.2) is 13.1 Å². The average molecular weight is 383 g/mol. The number of sulfonamides is 1. The van der Waals surface area contributed by atoms with Crippen molar-refractivity contribution in [3.05, 3.63) is 59.9 Å². The maximum atomic E-state index is 12.8. The lowest BCUT2D eigenvalue weighted by Gasteiger charge is -2.10. The minimum Gasteiger partial charge on any atom is -0.495 e. The number of rotatable bonds is 5. The summed E-state index contributed by atoms with van der Waals surface area (Å²) in [6, 6.07) is 13.4. The summed E-state index contributed by atoms with van der Waals surface area (Å²) in [5.74, 6) is -0.111. The molecule has 1 saturated carbocycles. The van der Waals surface area contributed by atoms with E-state index in [1.807, 2.05) is 18.2 Å². The van der Waals surface area contributed by atoms with Gasteiger partial charge < -0.3 is 4.74 Å². The third-order valence-electron chi connectivity index (χ3n) is 4.47. The van der Waals surface area contributed by atoms with Crippen LogP contribution in [-0.2, 0) is 10.0 Å². The van der Waals surface area contributed by atoms with Crippen molar-refractivity contribution in [3.8, 4) is 5.75 Å². The van der Waals surface area contributed by atoms with Crippen molar-refractivity contribution in [1.29, 1.82) is 0 Å². The second-order valence-corrected chi connectivity index (χ2v) is 8.02. The summed E-state index contributed by atoms with van der Waals surface area (Å²) >= 11 is 0. The van der Waals surface area contributed by atoms with Crippen LogP contribution in [0.1, 0.15) is 34.9 Å². The second kappa shape index (κ2) is 6.62. The van der Waals surface area contributed by atoms with Gasteiger partial charge in [0.05, 0.1) is 12.0 Å². The lowest BCUT2D eigenvalue weighted by molar-refractivity contribution is 0.0975.